The molecule has 1 N–H and O–H groups in total. The minimum Gasteiger partial charge on any atom is -0.496 e. The zero-order valence-corrected chi connectivity index (χ0v) is 13.5. The van der Waals surface area contributed by atoms with Gasteiger partial charge in [0.1, 0.15) is 11.8 Å². The van der Waals surface area contributed by atoms with Crippen LogP contribution in [0.4, 0.5) is 0 Å². The van der Waals surface area contributed by atoms with Crippen molar-refractivity contribution in [3.63, 3.8) is 0 Å². The molecule has 0 aliphatic carbocycles. The number of amides is 2. The Morgan fingerprint density at radius 1 is 1.48 bits per heavy atom. The van der Waals surface area contributed by atoms with Gasteiger partial charge in [-0.1, -0.05) is 15.9 Å². The quantitative estimate of drug-likeness (QED) is 0.878. The molecule has 0 aromatic heterocycles. The summed E-state index contributed by atoms with van der Waals surface area (Å²) < 4.78 is 11.4. The van der Waals surface area contributed by atoms with Crippen LogP contribution in [0.3, 0.4) is 0 Å². The third-order valence-electron chi connectivity index (χ3n) is 3.33. The largest absolute Gasteiger partial charge is 0.496 e. The number of ether oxygens (including phenoxy) is 2. The number of hydrogen-bond donors (Lipinski definition) is 1. The molecule has 1 fully saturated rings. The summed E-state index contributed by atoms with van der Waals surface area (Å²) in [6.45, 7) is 0.985. The van der Waals surface area contributed by atoms with Crippen molar-refractivity contribution in [1.29, 1.82) is 0 Å². The molecule has 1 aromatic rings. The summed E-state index contributed by atoms with van der Waals surface area (Å²) in [5, 5.41) is 2.56. The van der Waals surface area contributed by atoms with Gasteiger partial charge in [0.25, 0.3) is 5.91 Å². The summed E-state index contributed by atoms with van der Waals surface area (Å²) in [4.78, 5) is 26.1. The molecule has 0 radical (unpaired) electrons. The van der Waals surface area contributed by atoms with Gasteiger partial charge in [0.15, 0.2) is 0 Å². The van der Waals surface area contributed by atoms with Gasteiger partial charge < -0.3 is 19.7 Å². The molecular formula is C14H17BrN2O4. The van der Waals surface area contributed by atoms with Crippen LogP contribution in [0.15, 0.2) is 22.7 Å². The van der Waals surface area contributed by atoms with Crippen LogP contribution in [0.5, 0.6) is 5.75 Å². The lowest BCUT2D eigenvalue weighted by Gasteiger charge is -2.34. The first-order chi connectivity index (χ1) is 10.1. The van der Waals surface area contributed by atoms with Crippen molar-refractivity contribution in [1.82, 2.24) is 10.2 Å². The molecule has 7 heteroatoms. The summed E-state index contributed by atoms with van der Waals surface area (Å²) >= 11 is 3.34. The van der Waals surface area contributed by atoms with Crippen LogP contribution >= 0.6 is 15.9 Å². The second kappa shape index (κ2) is 6.91. The highest BCUT2D eigenvalue weighted by Crippen LogP contribution is 2.26. The highest BCUT2D eigenvalue weighted by Gasteiger charge is 2.33. The Hall–Kier alpha value is -1.60. The average molecular weight is 357 g/mol. The lowest BCUT2D eigenvalue weighted by atomic mass is 10.1. The van der Waals surface area contributed by atoms with Gasteiger partial charge in [-0.25, -0.2) is 0 Å². The molecule has 1 atom stereocenters. The van der Waals surface area contributed by atoms with E-state index in [1.165, 1.54) is 12.0 Å². The lowest BCUT2D eigenvalue weighted by molar-refractivity contribution is -0.130. The Labute approximate surface area is 131 Å². The highest BCUT2D eigenvalue weighted by atomic mass is 79.9. The van der Waals surface area contributed by atoms with Crippen molar-refractivity contribution < 1.29 is 19.1 Å². The number of morpholine rings is 1. The topological polar surface area (TPSA) is 67.9 Å². The fourth-order valence-electron chi connectivity index (χ4n) is 2.23. The van der Waals surface area contributed by atoms with Crippen molar-refractivity contribution in [2.75, 3.05) is 33.9 Å². The van der Waals surface area contributed by atoms with Crippen LogP contribution in [0.2, 0.25) is 0 Å². The average Bonchev–Trinajstić information content (AvgIpc) is 2.53. The molecule has 0 saturated carbocycles. The molecule has 0 bridgehead atoms. The Balaban J connectivity index is 2.31. The predicted molar refractivity (Wildman–Crippen MR) is 80.4 cm³/mol. The fourth-order valence-corrected chi connectivity index (χ4v) is 2.57. The van der Waals surface area contributed by atoms with E-state index in [0.717, 1.165) is 4.47 Å². The van der Waals surface area contributed by atoms with E-state index in [4.69, 9.17) is 9.47 Å². The summed E-state index contributed by atoms with van der Waals surface area (Å²) in [6, 6.07) is 4.56. The summed E-state index contributed by atoms with van der Waals surface area (Å²) in [5.74, 6) is -0.00750. The van der Waals surface area contributed by atoms with Gasteiger partial charge in [0, 0.05) is 18.1 Å². The fraction of sp³-hybridized carbons (Fsp3) is 0.429. The molecule has 1 heterocycles. The number of carbonyl (C=O) groups is 2. The van der Waals surface area contributed by atoms with E-state index >= 15 is 0 Å². The normalized spacial score (nSPS) is 18.2. The van der Waals surface area contributed by atoms with Crippen molar-refractivity contribution in [3.05, 3.63) is 28.2 Å². The van der Waals surface area contributed by atoms with Gasteiger partial charge >= 0.3 is 0 Å². The van der Waals surface area contributed by atoms with Crippen molar-refractivity contribution in [2.24, 2.45) is 0 Å². The highest BCUT2D eigenvalue weighted by molar-refractivity contribution is 9.10. The molecule has 1 aliphatic rings. The zero-order valence-electron chi connectivity index (χ0n) is 11.9. The monoisotopic (exact) mass is 356 g/mol. The van der Waals surface area contributed by atoms with E-state index in [-0.39, 0.29) is 18.4 Å². The standard InChI is InChI=1S/C14H17BrN2O4/c1-16-13(18)11-8-21-6-5-17(11)14(19)10-4-3-9(15)7-12(10)20-2/h3-4,7,11H,5-6,8H2,1-2H3,(H,16,18). The number of likely N-dealkylation sites (N-methyl/N-ethyl adjacent to an activating group) is 1. The lowest BCUT2D eigenvalue weighted by Crippen LogP contribution is -2.55. The van der Waals surface area contributed by atoms with Crippen LogP contribution < -0.4 is 10.1 Å². The van der Waals surface area contributed by atoms with Crippen molar-refractivity contribution in [3.8, 4) is 5.75 Å². The van der Waals surface area contributed by atoms with E-state index in [1.807, 2.05) is 0 Å². The van der Waals surface area contributed by atoms with Gasteiger partial charge in [-0.2, -0.15) is 0 Å². The molecule has 21 heavy (non-hydrogen) atoms. The Morgan fingerprint density at radius 2 is 2.24 bits per heavy atom. The molecule has 114 valence electrons. The third-order valence-corrected chi connectivity index (χ3v) is 3.83. The molecule has 1 aliphatic heterocycles. The van der Waals surface area contributed by atoms with Gasteiger partial charge in [-0.05, 0) is 18.2 Å². The number of halogens is 1. The number of nitrogens with zero attached hydrogens (tertiary/aromatic N) is 1. The Morgan fingerprint density at radius 3 is 2.90 bits per heavy atom. The number of carbonyl (C=O) groups excluding carboxylic acids is 2. The SMILES string of the molecule is CNC(=O)C1COCCN1C(=O)c1ccc(Br)cc1OC. The van der Waals surface area contributed by atoms with Crippen LogP contribution in [0, 0.1) is 0 Å². The zero-order chi connectivity index (χ0) is 15.4. The molecule has 1 unspecified atom stereocenters. The van der Waals surface area contributed by atoms with Crippen molar-refractivity contribution in [2.45, 2.75) is 6.04 Å². The number of benzene rings is 1. The van der Waals surface area contributed by atoms with Crippen LogP contribution in [0.1, 0.15) is 10.4 Å². The Kier molecular flexibility index (Phi) is 5.19. The van der Waals surface area contributed by atoms with Gasteiger partial charge in [-0.15, -0.1) is 0 Å². The van der Waals surface area contributed by atoms with Crippen LogP contribution in [-0.2, 0) is 9.53 Å². The summed E-state index contributed by atoms with van der Waals surface area (Å²) in [7, 11) is 3.05. The second-order valence-electron chi connectivity index (χ2n) is 4.55. The maximum atomic E-state index is 12.7. The van der Waals surface area contributed by atoms with Gasteiger partial charge in [-0.3, -0.25) is 9.59 Å². The molecule has 2 amide bonds. The van der Waals surface area contributed by atoms with E-state index < -0.39 is 6.04 Å². The summed E-state index contributed by atoms with van der Waals surface area (Å²) in [5.41, 5.74) is 0.427. The molecule has 0 spiro atoms. The maximum Gasteiger partial charge on any atom is 0.258 e. The van der Waals surface area contributed by atoms with E-state index in [9.17, 15) is 9.59 Å². The van der Waals surface area contributed by atoms with Gasteiger partial charge in [0.05, 0.1) is 25.9 Å². The van der Waals surface area contributed by atoms with Crippen molar-refractivity contribution >= 4 is 27.7 Å². The smallest absolute Gasteiger partial charge is 0.258 e. The first-order valence-electron chi connectivity index (χ1n) is 6.52. The van der Waals surface area contributed by atoms with Crippen LogP contribution in [0.25, 0.3) is 0 Å². The second-order valence-corrected chi connectivity index (χ2v) is 5.46. The molecule has 2 rings (SSSR count). The van der Waals surface area contributed by atoms with E-state index in [2.05, 4.69) is 21.2 Å². The Bertz CT molecular complexity index is 550. The minimum absolute atomic E-state index is 0.199. The number of methoxy groups -OCH3 is 1. The number of hydrogen-bond acceptors (Lipinski definition) is 4. The first-order valence-corrected chi connectivity index (χ1v) is 7.31. The van der Waals surface area contributed by atoms with Crippen LogP contribution in [-0.4, -0.2) is 56.7 Å². The molecule has 1 aromatic carbocycles. The predicted octanol–water partition coefficient (Wildman–Crippen LogP) is 1.04. The van der Waals surface area contributed by atoms with Gasteiger partial charge in [0.2, 0.25) is 5.91 Å². The molecule has 1 saturated heterocycles. The number of rotatable bonds is 3. The first kappa shape index (κ1) is 15.8. The van der Waals surface area contributed by atoms with E-state index in [0.29, 0.717) is 24.5 Å². The summed E-state index contributed by atoms with van der Waals surface area (Å²) in [6.07, 6.45) is 0. The van der Waals surface area contributed by atoms with E-state index in [1.54, 1.807) is 25.2 Å². The molecular weight excluding hydrogens is 340 g/mol. The maximum absolute atomic E-state index is 12.7. The third kappa shape index (κ3) is 3.36. The number of nitrogens with one attached hydrogen (secondary N) is 1. The molecule has 6 nitrogen and oxygen atoms in total. The minimum atomic E-state index is -0.621.